The second-order valence-corrected chi connectivity index (χ2v) is 11.2. The van der Waals surface area contributed by atoms with E-state index in [4.69, 9.17) is 0 Å². The van der Waals surface area contributed by atoms with Crippen LogP contribution in [0.4, 0.5) is 0 Å². The van der Waals surface area contributed by atoms with E-state index < -0.39 is 18.2 Å². The summed E-state index contributed by atoms with van der Waals surface area (Å²) in [6.07, 6.45) is 1.08. The molecule has 3 amide bonds. The summed E-state index contributed by atoms with van der Waals surface area (Å²) in [5.41, 5.74) is 6.05. The van der Waals surface area contributed by atoms with Crippen LogP contribution < -0.4 is 5.32 Å². The lowest BCUT2D eigenvalue weighted by molar-refractivity contribution is -0.143. The molecule has 3 heterocycles. The molecule has 2 aromatic carbocycles. The van der Waals surface area contributed by atoms with Gasteiger partial charge in [0.25, 0.3) is 5.91 Å². The first-order chi connectivity index (χ1) is 18.8. The van der Waals surface area contributed by atoms with Gasteiger partial charge < -0.3 is 20.2 Å². The molecular formula is C30H32N4O4S. The number of aliphatic hydroxyl groups is 1. The summed E-state index contributed by atoms with van der Waals surface area (Å²) >= 11 is 1.54. The number of nitrogens with zero attached hydrogens (tertiary/aromatic N) is 3. The fourth-order valence-corrected chi connectivity index (χ4v) is 6.25. The molecule has 5 rings (SSSR count). The van der Waals surface area contributed by atoms with Crippen molar-refractivity contribution >= 4 is 35.1 Å². The van der Waals surface area contributed by atoms with Crippen molar-refractivity contribution in [2.24, 2.45) is 5.92 Å². The van der Waals surface area contributed by atoms with E-state index in [1.165, 1.54) is 4.90 Å². The van der Waals surface area contributed by atoms with Gasteiger partial charge in [0.05, 0.1) is 22.2 Å². The molecule has 1 fully saturated rings. The van der Waals surface area contributed by atoms with Crippen LogP contribution in [0.3, 0.4) is 0 Å². The Balaban J connectivity index is 1.27. The van der Waals surface area contributed by atoms with Gasteiger partial charge in [0, 0.05) is 31.6 Å². The number of amides is 3. The van der Waals surface area contributed by atoms with Crippen molar-refractivity contribution in [1.29, 1.82) is 0 Å². The van der Waals surface area contributed by atoms with Gasteiger partial charge in [-0.25, -0.2) is 4.98 Å². The molecule has 9 heteroatoms. The van der Waals surface area contributed by atoms with Gasteiger partial charge in [-0.3, -0.25) is 14.4 Å². The number of aromatic nitrogens is 1. The molecule has 0 radical (unpaired) electrons. The molecule has 0 spiro atoms. The second kappa shape index (κ2) is 11.1. The lowest BCUT2D eigenvalue weighted by atomic mass is 10.0. The minimum atomic E-state index is -0.805. The van der Waals surface area contributed by atoms with E-state index in [1.807, 2.05) is 56.3 Å². The number of rotatable bonds is 8. The van der Waals surface area contributed by atoms with Crippen LogP contribution in [-0.4, -0.2) is 62.3 Å². The SMILES string of the molecule is C=Cc1ncsc1-c1ccc(CNC(=O)[C@@H]2C[C@@H](O)CN2C(=O)[C@H](C(C)C)N2Cc3ccccc3C2=O)cc1. The largest absolute Gasteiger partial charge is 0.391 e. The summed E-state index contributed by atoms with van der Waals surface area (Å²) < 4.78 is 0. The number of carbonyl (C=O) groups excluding carboxylic acids is 3. The van der Waals surface area contributed by atoms with Crippen LogP contribution in [0, 0.1) is 5.92 Å². The maximum absolute atomic E-state index is 13.8. The molecule has 39 heavy (non-hydrogen) atoms. The number of aliphatic hydroxyl groups excluding tert-OH is 1. The third-order valence-electron chi connectivity index (χ3n) is 7.41. The van der Waals surface area contributed by atoms with Crippen molar-refractivity contribution < 1.29 is 19.5 Å². The minimum absolute atomic E-state index is 0.0598. The molecule has 2 aliphatic heterocycles. The van der Waals surface area contributed by atoms with E-state index in [2.05, 4.69) is 16.9 Å². The van der Waals surface area contributed by atoms with E-state index >= 15 is 0 Å². The molecule has 1 saturated heterocycles. The quantitative estimate of drug-likeness (QED) is 0.450. The summed E-state index contributed by atoms with van der Waals surface area (Å²) in [6, 6.07) is 13.7. The molecule has 0 unspecified atom stereocenters. The van der Waals surface area contributed by atoms with E-state index in [0.717, 1.165) is 27.3 Å². The zero-order valence-corrected chi connectivity index (χ0v) is 22.9. The van der Waals surface area contributed by atoms with Crippen LogP contribution in [0.5, 0.6) is 0 Å². The Morgan fingerprint density at radius 3 is 2.64 bits per heavy atom. The highest BCUT2D eigenvalue weighted by molar-refractivity contribution is 7.13. The number of hydrogen-bond donors (Lipinski definition) is 2. The molecular weight excluding hydrogens is 512 g/mol. The Morgan fingerprint density at radius 1 is 1.21 bits per heavy atom. The monoisotopic (exact) mass is 544 g/mol. The molecule has 1 aromatic heterocycles. The van der Waals surface area contributed by atoms with Crippen LogP contribution in [0.15, 0.2) is 60.6 Å². The molecule has 0 aliphatic carbocycles. The average Bonchev–Trinajstić information content (AvgIpc) is 3.65. The number of thiazole rings is 1. The first kappa shape index (κ1) is 26.8. The summed E-state index contributed by atoms with van der Waals surface area (Å²) in [5.74, 6) is -0.982. The number of benzene rings is 2. The first-order valence-corrected chi connectivity index (χ1v) is 14.0. The second-order valence-electron chi connectivity index (χ2n) is 10.4. The normalized spacial score (nSPS) is 19.3. The van der Waals surface area contributed by atoms with Crippen LogP contribution in [0.1, 0.15) is 47.4 Å². The van der Waals surface area contributed by atoms with Gasteiger partial charge in [-0.15, -0.1) is 11.3 Å². The van der Waals surface area contributed by atoms with Gasteiger partial charge in [0.15, 0.2) is 0 Å². The molecule has 3 aromatic rings. The zero-order chi connectivity index (χ0) is 27.7. The van der Waals surface area contributed by atoms with Crippen molar-refractivity contribution in [1.82, 2.24) is 20.1 Å². The van der Waals surface area contributed by atoms with Crippen LogP contribution >= 0.6 is 11.3 Å². The summed E-state index contributed by atoms with van der Waals surface area (Å²) in [6.45, 7) is 8.30. The Morgan fingerprint density at radius 2 is 1.95 bits per heavy atom. The van der Waals surface area contributed by atoms with Crippen molar-refractivity contribution in [3.8, 4) is 10.4 Å². The van der Waals surface area contributed by atoms with Gasteiger partial charge in [-0.2, -0.15) is 0 Å². The van der Waals surface area contributed by atoms with Gasteiger partial charge in [-0.05, 0) is 34.8 Å². The Hall–Kier alpha value is -3.82. The van der Waals surface area contributed by atoms with Crippen LogP contribution in [0.25, 0.3) is 16.5 Å². The Bertz CT molecular complexity index is 1400. The van der Waals surface area contributed by atoms with Crippen molar-refractivity contribution in [2.45, 2.75) is 51.5 Å². The number of nitrogens with one attached hydrogen (secondary N) is 1. The highest BCUT2D eigenvalue weighted by atomic mass is 32.1. The molecule has 2 N–H and O–H groups in total. The van der Waals surface area contributed by atoms with Crippen LogP contribution in [-0.2, 0) is 22.7 Å². The zero-order valence-electron chi connectivity index (χ0n) is 22.0. The van der Waals surface area contributed by atoms with Crippen molar-refractivity contribution in [2.75, 3.05) is 6.54 Å². The lowest BCUT2D eigenvalue weighted by Gasteiger charge is -2.35. The number of carbonyl (C=O) groups is 3. The molecule has 8 nitrogen and oxygen atoms in total. The lowest BCUT2D eigenvalue weighted by Crippen LogP contribution is -2.55. The van der Waals surface area contributed by atoms with E-state index in [1.54, 1.807) is 33.9 Å². The fourth-order valence-electron chi connectivity index (χ4n) is 5.45. The first-order valence-electron chi connectivity index (χ1n) is 13.1. The maximum Gasteiger partial charge on any atom is 0.255 e. The topological polar surface area (TPSA) is 103 Å². The standard InChI is InChI=1S/C30H32N4O4S/c1-4-24-27(39-17-32-24)20-11-9-19(10-12-20)14-31-28(36)25-13-22(35)16-33(25)30(38)26(18(2)3)34-15-21-7-5-6-8-23(21)29(34)37/h4-12,17-18,22,25-26,35H,1,13-16H2,2-3H3,(H,31,36)/t22-,25+,26+/m1/s1. The van der Waals surface area contributed by atoms with Gasteiger partial charge in [-0.1, -0.05) is 62.9 Å². The highest BCUT2D eigenvalue weighted by Crippen LogP contribution is 2.31. The van der Waals surface area contributed by atoms with E-state index in [-0.39, 0.29) is 43.1 Å². The van der Waals surface area contributed by atoms with E-state index in [0.29, 0.717) is 12.1 Å². The molecule has 0 saturated carbocycles. The number of hydrogen-bond acceptors (Lipinski definition) is 6. The average molecular weight is 545 g/mol. The summed E-state index contributed by atoms with van der Waals surface area (Å²) in [5, 5.41) is 13.4. The molecule has 0 bridgehead atoms. The van der Waals surface area contributed by atoms with Crippen molar-refractivity contribution in [3.05, 3.63) is 83.0 Å². The van der Waals surface area contributed by atoms with Crippen LogP contribution in [0.2, 0.25) is 0 Å². The third kappa shape index (κ3) is 5.24. The molecule has 3 atom stereocenters. The number of fused-ring (bicyclic) bond motifs is 1. The summed E-state index contributed by atoms with van der Waals surface area (Å²) in [4.78, 5) is 48.6. The van der Waals surface area contributed by atoms with Crippen molar-refractivity contribution in [3.63, 3.8) is 0 Å². The van der Waals surface area contributed by atoms with E-state index in [9.17, 15) is 19.5 Å². The Kier molecular flexibility index (Phi) is 7.63. The molecule has 202 valence electrons. The molecule has 2 aliphatic rings. The number of β-amino-alcohol motifs (C(OH)–C–C–N with tert-alkyl or cyclic N) is 1. The van der Waals surface area contributed by atoms with Gasteiger partial charge in [0.2, 0.25) is 11.8 Å². The highest BCUT2D eigenvalue weighted by Gasteiger charge is 2.45. The third-order valence-corrected chi connectivity index (χ3v) is 8.30. The Labute approximate surface area is 232 Å². The predicted octanol–water partition coefficient (Wildman–Crippen LogP) is 3.71. The minimum Gasteiger partial charge on any atom is -0.391 e. The summed E-state index contributed by atoms with van der Waals surface area (Å²) in [7, 11) is 0. The predicted molar refractivity (Wildman–Crippen MR) is 151 cm³/mol. The van der Waals surface area contributed by atoms with Gasteiger partial charge in [0.1, 0.15) is 12.1 Å². The fraction of sp³-hybridized carbons (Fsp3) is 0.333. The smallest absolute Gasteiger partial charge is 0.255 e. The maximum atomic E-state index is 13.8. The van der Waals surface area contributed by atoms with Gasteiger partial charge >= 0.3 is 0 Å². The number of likely N-dealkylation sites (tertiary alicyclic amines) is 1.